The van der Waals surface area contributed by atoms with E-state index in [2.05, 4.69) is 11.3 Å². The second-order valence-electron chi connectivity index (χ2n) is 7.45. The SMILES string of the molecule is C=Cc1c(F)c(F)c(OCCC(F)(F)C(F)(F)C(F)(F)C(F)(F)C(F)(F)C(F)(F)C(F)(F)C(F)(F)F)c(F)c1F. The van der Waals surface area contributed by atoms with Crippen molar-refractivity contribution in [1.82, 2.24) is 0 Å². The third-order valence-corrected chi connectivity index (χ3v) is 4.91. The van der Waals surface area contributed by atoms with Crippen LogP contribution in [0.3, 0.4) is 0 Å². The van der Waals surface area contributed by atoms with E-state index in [0.717, 1.165) is 0 Å². The highest BCUT2D eigenvalue weighted by Gasteiger charge is 2.95. The van der Waals surface area contributed by atoms with Crippen molar-refractivity contribution in [2.24, 2.45) is 0 Å². The van der Waals surface area contributed by atoms with E-state index in [0.29, 0.717) is 0 Å². The molecule has 0 spiro atoms. The van der Waals surface area contributed by atoms with Crippen molar-refractivity contribution in [2.75, 3.05) is 6.61 Å². The molecule has 1 rings (SSSR count). The molecular formula is C18H7F21O. The van der Waals surface area contributed by atoms with Crippen LogP contribution in [0.1, 0.15) is 12.0 Å². The molecule has 0 fully saturated rings. The van der Waals surface area contributed by atoms with Crippen molar-refractivity contribution in [3.05, 3.63) is 35.4 Å². The summed E-state index contributed by atoms with van der Waals surface area (Å²) in [5.41, 5.74) is -1.55. The molecule has 0 saturated heterocycles. The van der Waals surface area contributed by atoms with E-state index in [1.54, 1.807) is 0 Å². The minimum absolute atomic E-state index is 0.154. The molecule has 0 aliphatic heterocycles. The predicted molar refractivity (Wildman–Crippen MR) is 87.2 cm³/mol. The van der Waals surface area contributed by atoms with Crippen molar-refractivity contribution in [2.45, 2.75) is 54.1 Å². The molecule has 0 aliphatic carbocycles. The van der Waals surface area contributed by atoms with Gasteiger partial charge in [-0.15, -0.1) is 0 Å². The lowest BCUT2D eigenvalue weighted by molar-refractivity contribution is -0.461. The van der Waals surface area contributed by atoms with Gasteiger partial charge < -0.3 is 4.74 Å². The lowest BCUT2D eigenvalue weighted by atomic mass is 9.88. The first-order chi connectivity index (χ1) is 17.4. The molecule has 0 aromatic heterocycles. The number of ether oxygens (including phenoxy) is 1. The smallest absolute Gasteiger partial charge is 0.460 e. The molecule has 0 aliphatic rings. The van der Waals surface area contributed by atoms with Crippen LogP contribution < -0.4 is 4.74 Å². The van der Waals surface area contributed by atoms with Crippen LogP contribution in [0.15, 0.2) is 6.58 Å². The third kappa shape index (κ3) is 4.77. The van der Waals surface area contributed by atoms with E-state index in [-0.39, 0.29) is 6.08 Å². The topological polar surface area (TPSA) is 9.23 Å². The molecular weight excluding hydrogens is 631 g/mol. The quantitative estimate of drug-likeness (QED) is 0.174. The second kappa shape index (κ2) is 9.98. The van der Waals surface area contributed by atoms with E-state index in [1.165, 1.54) is 0 Å². The number of benzene rings is 1. The van der Waals surface area contributed by atoms with Gasteiger partial charge in [0.2, 0.25) is 11.6 Å². The maximum atomic E-state index is 13.8. The van der Waals surface area contributed by atoms with Crippen LogP contribution >= 0.6 is 0 Å². The second-order valence-corrected chi connectivity index (χ2v) is 7.45. The zero-order valence-electron chi connectivity index (χ0n) is 18.0. The summed E-state index contributed by atoms with van der Waals surface area (Å²) in [4.78, 5) is 0. The molecule has 0 radical (unpaired) electrons. The fraction of sp³-hybridized carbons (Fsp3) is 0.556. The van der Waals surface area contributed by atoms with Crippen LogP contribution in [0.4, 0.5) is 92.2 Å². The van der Waals surface area contributed by atoms with E-state index in [9.17, 15) is 92.2 Å². The van der Waals surface area contributed by atoms with Crippen LogP contribution in [0.5, 0.6) is 5.75 Å². The zero-order valence-corrected chi connectivity index (χ0v) is 18.0. The van der Waals surface area contributed by atoms with Gasteiger partial charge in [0.05, 0.1) is 18.6 Å². The number of rotatable bonds is 11. The van der Waals surface area contributed by atoms with Crippen molar-refractivity contribution >= 4 is 6.08 Å². The maximum Gasteiger partial charge on any atom is 0.460 e. The molecule has 1 aromatic carbocycles. The first-order valence-electron chi connectivity index (χ1n) is 9.26. The monoisotopic (exact) mass is 638 g/mol. The number of hydrogen-bond acceptors (Lipinski definition) is 1. The standard InChI is InChI=1S/C18H7F21O/c1-2-5-6(19)8(21)10(9(22)7(5)20)40-4-3-11(23,24)12(25,26)13(27,28)14(29,30)15(31,32)16(33,34)17(35,36)18(37,38)39/h2H,1,3-4H2. The fourth-order valence-corrected chi connectivity index (χ4v) is 2.57. The molecule has 0 heterocycles. The van der Waals surface area contributed by atoms with Gasteiger partial charge >= 0.3 is 47.6 Å². The van der Waals surface area contributed by atoms with Gasteiger partial charge in [-0.25, -0.2) is 8.78 Å². The van der Waals surface area contributed by atoms with Crippen LogP contribution in [0.2, 0.25) is 0 Å². The Morgan fingerprint density at radius 2 is 0.825 bits per heavy atom. The maximum absolute atomic E-state index is 13.8. The molecule has 1 aromatic rings. The van der Waals surface area contributed by atoms with Gasteiger partial charge in [-0.1, -0.05) is 12.7 Å². The summed E-state index contributed by atoms with van der Waals surface area (Å²) < 4.78 is 282. The molecule has 1 nitrogen and oxygen atoms in total. The van der Waals surface area contributed by atoms with Crippen molar-refractivity contribution < 1.29 is 96.9 Å². The first-order valence-corrected chi connectivity index (χ1v) is 9.26. The molecule has 40 heavy (non-hydrogen) atoms. The molecule has 0 amide bonds. The predicted octanol–water partition coefficient (Wildman–Crippen LogP) is 8.66. The number of hydrogen-bond donors (Lipinski definition) is 0. The Bertz CT molecular complexity index is 1090. The number of halogens is 21. The van der Waals surface area contributed by atoms with Crippen molar-refractivity contribution in [1.29, 1.82) is 0 Å². The summed E-state index contributed by atoms with van der Waals surface area (Å²) in [5.74, 6) is -70.4. The normalized spacial score (nSPS) is 14.9. The minimum Gasteiger partial charge on any atom is -0.487 e. The molecule has 0 bridgehead atoms. The Hall–Kier alpha value is -2.71. The Balaban J connectivity index is 3.45. The first kappa shape index (κ1) is 35.3. The lowest BCUT2D eigenvalue weighted by Crippen LogP contribution is -2.74. The van der Waals surface area contributed by atoms with Crippen LogP contribution in [-0.4, -0.2) is 54.2 Å². The van der Waals surface area contributed by atoms with Gasteiger partial charge in [0, 0.05) is 0 Å². The van der Waals surface area contributed by atoms with E-state index >= 15 is 0 Å². The van der Waals surface area contributed by atoms with Gasteiger partial charge in [-0.3, -0.25) is 0 Å². The van der Waals surface area contributed by atoms with Gasteiger partial charge in [-0.2, -0.15) is 83.4 Å². The van der Waals surface area contributed by atoms with Crippen LogP contribution in [0, 0.1) is 23.3 Å². The Morgan fingerprint density at radius 3 is 1.15 bits per heavy atom. The average Bonchev–Trinajstić information content (AvgIpc) is 2.78. The molecule has 0 unspecified atom stereocenters. The summed E-state index contributed by atoms with van der Waals surface area (Å²) in [6.07, 6.45) is -11.0. The summed E-state index contributed by atoms with van der Waals surface area (Å²) in [6, 6.07) is 0. The lowest BCUT2D eigenvalue weighted by Gasteiger charge is -2.42. The molecule has 232 valence electrons. The van der Waals surface area contributed by atoms with E-state index in [1.807, 2.05) is 0 Å². The van der Waals surface area contributed by atoms with Gasteiger partial charge in [0.1, 0.15) is 0 Å². The highest BCUT2D eigenvalue weighted by atomic mass is 19.4. The van der Waals surface area contributed by atoms with Crippen molar-refractivity contribution in [3.63, 3.8) is 0 Å². The van der Waals surface area contributed by atoms with Gasteiger partial charge in [0.15, 0.2) is 17.4 Å². The molecule has 0 saturated carbocycles. The zero-order chi connectivity index (χ0) is 32.3. The Kier molecular flexibility index (Phi) is 8.81. The highest BCUT2D eigenvalue weighted by molar-refractivity contribution is 5.52. The minimum atomic E-state index is -8.83. The van der Waals surface area contributed by atoms with E-state index in [4.69, 9.17) is 0 Å². The number of alkyl halides is 17. The van der Waals surface area contributed by atoms with E-state index < -0.39 is 95.2 Å². The third-order valence-electron chi connectivity index (χ3n) is 4.91. The summed E-state index contributed by atoms with van der Waals surface area (Å²) in [6.45, 7) is 0.209. The molecule has 0 atom stereocenters. The largest absolute Gasteiger partial charge is 0.487 e. The molecule has 22 heteroatoms. The Labute approximate surface area is 206 Å². The summed E-state index contributed by atoms with van der Waals surface area (Å²) in [7, 11) is 0. The van der Waals surface area contributed by atoms with Crippen LogP contribution in [0.25, 0.3) is 6.08 Å². The average molecular weight is 638 g/mol. The van der Waals surface area contributed by atoms with Gasteiger partial charge in [-0.05, 0) is 0 Å². The van der Waals surface area contributed by atoms with Crippen LogP contribution in [-0.2, 0) is 0 Å². The van der Waals surface area contributed by atoms with Crippen molar-refractivity contribution in [3.8, 4) is 5.75 Å². The fourth-order valence-electron chi connectivity index (χ4n) is 2.57. The summed E-state index contributed by atoms with van der Waals surface area (Å²) >= 11 is 0. The van der Waals surface area contributed by atoms with Gasteiger partial charge in [0.25, 0.3) is 0 Å². The Morgan fingerprint density at radius 1 is 0.500 bits per heavy atom. The molecule has 0 N–H and O–H groups in total. The summed E-state index contributed by atoms with van der Waals surface area (Å²) in [5, 5.41) is 0. The highest BCUT2D eigenvalue weighted by Crippen LogP contribution is 2.64.